The summed E-state index contributed by atoms with van der Waals surface area (Å²) >= 11 is 0. The highest BCUT2D eigenvalue weighted by Crippen LogP contribution is 2.13. The molecular weight excluding hydrogens is 402 g/mol. The van der Waals surface area contributed by atoms with Crippen LogP contribution in [0.15, 0.2) is 79.0 Å². The molecule has 0 fully saturated rings. The summed E-state index contributed by atoms with van der Waals surface area (Å²) in [7, 11) is 1.96. The maximum absolute atomic E-state index is 13.4. The molecule has 6 nitrogen and oxygen atoms in total. The van der Waals surface area contributed by atoms with Crippen LogP contribution >= 0.6 is 0 Å². The SMILES string of the molecule is CC(C)N(CC(=O)N(Cc1ccccc1)Cc1cccn1C)C(=O)COc1ccccc1. The number of carbonyl (C=O) groups is 2. The maximum Gasteiger partial charge on any atom is 0.261 e. The number of carbonyl (C=O) groups excluding carboxylic acids is 2. The van der Waals surface area contributed by atoms with Gasteiger partial charge in [-0.05, 0) is 43.7 Å². The molecule has 6 heteroatoms. The van der Waals surface area contributed by atoms with E-state index in [9.17, 15) is 9.59 Å². The predicted octanol–water partition coefficient (Wildman–Crippen LogP) is 3.87. The zero-order chi connectivity index (χ0) is 22.9. The predicted molar refractivity (Wildman–Crippen MR) is 125 cm³/mol. The van der Waals surface area contributed by atoms with Gasteiger partial charge in [-0.15, -0.1) is 0 Å². The molecule has 32 heavy (non-hydrogen) atoms. The number of para-hydroxylation sites is 1. The summed E-state index contributed by atoms with van der Waals surface area (Å²) in [5.74, 6) is 0.317. The molecule has 0 N–H and O–H groups in total. The van der Waals surface area contributed by atoms with Crippen LogP contribution in [-0.4, -0.2) is 45.4 Å². The van der Waals surface area contributed by atoms with Gasteiger partial charge in [0, 0.05) is 31.5 Å². The van der Waals surface area contributed by atoms with E-state index in [4.69, 9.17) is 4.74 Å². The van der Waals surface area contributed by atoms with Crippen molar-refractivity contribution in [3.8, 4) is 5.75 Å². The second-order valence-corrected chi connectivity index (χ2v) is 8.06. The zero-order valence-electron chi connectivity index (χ0n) is 19.0. The Morgan fingerprint density at radius 2 is 1.53 bits per heavy atom. The molecule has 1 aromatic heterocycles. The Bertz CT molecular complexity index is 999. The van der Waals surface area contributed by atoms with E-state index in [1.165, 1.54) is 0 Å². The van der Waals surface area contributed by atoms with Crippen molar-refractivity contribution in [1.29, 1.82) is 0 Å². The molecular formula is C26H31N3O3. The standard InChI is InChI=1S/C26H31N3O3/c1-21(2)29(26(31)20-32-24-14-8-5-9-15-24)19-25(30)28(17-22-11-6-4-7-12-22)18-23-13-10-16-27(23)3/h4-16,21H,17-20H2,1-3H3. The lowest BCUT2D eigenvalue weighted by atomic mass is 10.2. The first-order valence-electron chi connectivity index (χ1n) is 10.8. The number of aryl methyl sites for hydroxylation is 1. The van der Waals surface area contributed by atoms with Gasteiger partial charge in [0.15, 0.2) is 6.61 Å². The Morgan fingerprint density at radius 1 is 0.875 bits per heavy atom. The lowest BCUT2D eigenvalue weighted by Crippen LogP contribution is -2.47. The maximum atomic E-state index is 13.4. The van der Waals surface area contributed by atoms with Crippen LogP contribution in [0.3, 0.4) is 0 Å². The number of ether oxygens (including phenoxy) is 1. The lowest BCUT2D eigenvalue weighted by molar-refractivity contribution is -0.143. The van der Waals surface area contributed by atoms with Crippen molar-refractivity contribution < 1.29 is 14.3 Å². The van der Waals surface area contributed by atoms with Gasteiger partial charge in [-0.3, -0.25) is 9.59 Å². The molecule has 0 atom stereocenters. The Labute approximate surface area is 190 Å². The molecule has 3 rings (SSSR count). The van der Waals surface area contributed by atoms with Crippen molar-refractivity contribution in [3.63, 3.8) is 0 Å². The molecule has 3 aromatic rings. The van der Waals surface area contributed by atoms with Gasteiger partial charge in [-0.1, -0.05) is 48.5 Å². The van der Waals surface area contributed by atoms with Crippen LogP contribution in [0.2, 0.25) is 0 Å². The first-order valence-corrected chi connectivity index (χ1v) is 10.8. The van der Waals surface area contributed by atoms with Gasteiger partial charge in [-0.25, -0.2) is 0 Å². The van der Waals surface area contributed by atoms with E-state index >= 15 is 0 Å². The first kappa shape index (κ1) is 23.1. The number of amides is 2. The third-order valence-electron chi connectivity index (χ3n) is 5.33. The topological polar surface area (TPSA) is 54.8 Å². The van der Waals surface area contributed by atoms with Gasteiger partial charge in [0.2, 0.25) is 5.91 Å². The Balaban J connectivity index is 1.70. The molecule has 0 spiro atoms. The van der Waals surface area contributed by atoms with E-state index in [0.29, 0.717) is 18.8 Å². The minimum atomic E-state index is -0.212. The van der Waals surface area contributed by atoms with Crippen LogP contribution in [0.25, 0.3) is 0 Å². The summed E-state index contributed by atoms with van der Waals surface area (Å²) in [4.78, 5) is 29.6. The first-order chi connectivity index (χ1) is 15.4. The number of aromatic nitrogens is 1. The summed E-state index contributed by atoms with van der Waals surface area (Å²) in [5, 5.41) is 0. The van der Waals surface area contributed by atoms with Crippen molar-refractivity contribution >= 4 is 11.8 Å². The van der Waals surface area contributed by atoms with Crippen molar-refractivity contribution in [2.45, 2.75) is 33.0 Å². The fraction of sp³-hybridized carbons (Fsp3) is 0.308. The third kappa shape index (κ3) is 6.48. The van der Waals surface area contributed by atoms with Gasteiger partial charge in [0.1, 0.15) is 12.3 Å². The van der Waals surface area contributed by atoms with Crippen molar-refractivity contribution in [2.75, 3.05) is 13.2 Å². The molecule has 0 aliphatic rings. The van der Waals surface area contributed by atoms with Crippen LogP contribution in [0.1, 0.15) is 25.1 Å². The monoisotopic (exact) mass is 433 g/mol. The summed E-state index contributed by atoms with van der Waals surface area (Å²) in [6, 6.07) is 22.9. The zero-order valence-corrected chi connectivity index (χ0v) is 19.0. The number of hydrogen-bond donors (Lipinski definition) is 0. The summed E-state index contributed by atoms with van der Waals surface area (Å²) in [6.07, 6.45) is 1.96. The highest BCUT2D eigenvalue weighted by molar-refractivity contribution is 5.85. The largest absolute Gasteiger partial charge is 0.484 e. The summed E-state index contributed by atoms with van der Waals surface area (Å²) in [5.41, 5.74) is 2.08. The molecule has 0 saturated heterocycles. The van der Waals surface area contributed by atoms with Gasteiger partial charge in [-0.2, -0.15) is 0 Å². The van der Waals surface area contributed by atoms with Crippen LogP contribution in [0.4, 0.5) is 0 Å². The fourth-order valence-electron chi connectivity index (χ4n) is 3.44. The minimum absolute atomic E-state index is 0.00586. The van der Waals surface area contributed by atoms with Crippen LogP contribution in [0, 0.1) is 0 Å². The summed E-state index contributed by atoms with van der Waals surface area (Å²) in [6.45, 7) is 4.67. The number of hydrogen-bond acceptors (Lipinski definition) is 3. The number of nitrogens with zero attached hydrogens (tertiary/aromatic N) is 3. The lowest BCUT2D eigenvalue weighted by Gasteiger charge is -2.30. The highest BCUT2D eigenvalue weighted by atomic mass is 16.5. The van der Waals surface area contributed by atoms with E-state index in [-0.39, 0.29) is 31.0 Å². The average Bonchev–Trinajstić information content (AvgIpc) is 3.20. The molecule has 0 bridgehead atoms. The molecule has 168 valence electrons. The highest BCUT2D eigenvalue weighted by Gasteiger charge is 2.24. The molecule has 1 heterocycles. The third-order valence-corrected chi connectivity index (χ3v) is 5.33. The van der Waals surface area contributed by atoms with E-state index in [0.717, 1.165) is 11.3 Å². The van der Waals surface area contributed by atoms with Crippen molar-refractivity contribution in [1.82, 2.24) is 14.4 Å². The van der Waals surface area contributed by atoms with E-state index in [2.05, 4.69) is 0 Å². The minimum Gasteiger partial charge on any atom is -0.484 e. The molecule has 0 aliphatic carbocycles. The normalized spacial score (nSPS) is 10.8. The van der Waals surface area contributed by atoms with Crippen LogP contribution in [0.5, 0.6) is 5.75 Å². The quantitative estimate of drug-likeness (QED) is 0.488. The smallest absolute Gasteiger partial charge is 0.261 e. The van der Waals surface area contributed by atoms with E-state index < -0.39 is 0 Å². The molecule has 0 aliphatic heterocycles. The molecule has 2 amide bonds. The van der Waals surface area contributed by atoms with Gasteiger partial charge < -0.3 is 19.1 Å². The van der Waals surface area contributed by atoms with E-state index in [1.54, 1.807) is 21.9 Å². The number of benzene rings is 2. The van der Waals surface area contributed by atoms with Gasteiger partial charge >= 0.3 is 0 Å². The summed E-state index contributed by atoms with van der Waals surface area (Å²) < 4.78 is 7.62. The Hall–Kier alpha value is -3.54. The molecule has 2 aromatic carbocycles. The molecule has 0 unspecified atom stereocenters. The fourth-order valence-corrected chi connectivity index (χ4v) is 3.44. The second kappa shape index (κ2) is 11.2. The Morgan fingerprint density at radius 3 is 2.12 bits per heavy atom. The Kier molecular flexibility index (Phi) is 8.08. The second-order valence-electron chi connectivity index (χ2n) is 8.06. The van der Waals surface area contributed by atoms with Gasteiger partial charge in [0.25, 0.3) is 5.91 Å². The van der Waals surface area contributed by atoms with Gasteiger partial charge in [0.05, 0.1) is 6.54 Å². The number of rotatable bonds is 10. The van der Waals surface area contributed by atoms with Crippen molar-refractivity contribution in [2.24, 2.45) is 7.05 Å². The molecule has 0 saturated carbocycles. The molecule has 0 radical (unpaired) electrons. The van der Waals surface area contributed by atoms with E-state index in [1.807, 2.05) is 92.3 Å². The van der Waals surface area contributed by atoms with Crippen LogP contribution < -0.4 is 4.74 Å². The van der Waals surface area contributed by atoms with Crippen LogP contribution in [-0.2, 0) is 29.7 Å². The average molecular weight is 434 g/mol. The van der Waals surface area contributed by atoms with Crippen molar-refractivity contribution in [3.05, 3.63) is 90.3 Å².